The number of benzene rings is 1. The Morgan fingerprint density at radius 2 is 2.07 bits per heavy atom. The Morgan fingerprint density at radius 1 is 1.31 bits per heavy atom. The number of carbonyl (C=O) groups is 1. The zero-order valence-corrected chi connectivity index (χ0v) is 17.2. The summed E-state index contributed by atoms with van der Waals surface area (Å²) in [4.78, 5) is 16.8. The van der Waals surface area contributed by atoms with E-state index in [1.807, 2.05) is 19.4 Å². The molecule has 2 aliphatic rings. The van der Waals surface area contributed by atoms with Gasteiger partial charge >= 0.3 is 5.97 Å². The second-order valence-corrected chi connectivity index (χ2v) is 8.07. The van der Waals surface area contributed by atoms with E-state index < -0.39 is 6.04 Å². The summed E-state index contributed by atoms with van der Waals surface area (Å²) >= 11 is 0. The number of hydrogen-bond acceptors (Lipinski definition) is 6. The topological polar surface area (TPSA) is 77.4 Å². The highest BCUT2D eigenvalue weighted by atomic mass is 16.5. The maximum atomic E-state index is 12.4. The standard InChI is InChI=1S/C22H30N4O3/c1-3-29-21(27)20-18(12-24-25-20)19-13-23-15-26(19)14-22(8-10-28-11-9-22)17-6-4-16(2)5-7-17/h4-7,13,15,18,20,24-25H,3,8-12,14H2,1-2H3. The van der Waals surface area contributed by atoms with Crippen molar-refractivity contribution in [3.8, 4) is 0 Å². The van der Waals surface area contributed by atoms with Crippen molar-refractivity contribution in [2.24, 2.45) is 0 Å². The van der Waals surface area contributed by atoms with Crippen LogP contribution in [-0.2, 0) is 26.2 Å². The maximum Gasteiger partial charge on any atom is 0.325 e. The molecule has 2 atom stereocenters. The average molecular weight is 399 g/mol. The van der Waals surface area contributed by atoms with Crippen molar-refractivity contribution < 1.29 is 14.3 Å². The molecule has 1 aromatic carbocycles. The normalized spacial score (nSPS) is 23.8. The van der Waals surface area contributed by atoms with Crippen molar-refractivity contribution in [3.05, 3.63) is 53.6 Å². The van der Waals surface area contributed by atoms with Crippen molar-refractivity contribution in [1.82, 2.24) is 20.4 Å². The highest BCUT2D eigenvalue weighted by Gasteiger charge is 2.39. The molecule has 2 N–H and O–H groups in total. The number of hydrogen-bond donors (Lipinski definition) is 2. The van der Waals surface area contributed by atoms with Gasteiger partial charge in [0.15, 0.2) is 0 Å². The highest BCUT2D eigenvalue weighted by Crippen LogP contribution is 2.38. The minimum Gasteiger partial charge on any atom is -0.465 e. The Hall–Kier alpha value is -2.22. The number of ether oxygens (including phenoxy) is 2. The van der Waals surface area contributed by atoms with Crippen LogP contribution in [-0.4, -0.2) is 47.9 Å². The molecular formula is C22H30N4O3. The van der Waals surface area contributed by atoms with Crippen LogP contribution in [0.1, 0.15) is 42.5 Å². The Morgan fingerprint density at radius 3 is 2.79 bits per heavy atom. The predicted molar refractivity (Wildman–Crippen MR) is 109 cm³/mol. The van der Waals surface area contributed by atoms with Gasteiger partial charge in [-0.1, -0.05) is 29.8 Å². The zero-order chi connectivity index (χ0) is 20.3. The van der Waals surface area contributed by atoms with Crippen LogP contribution in [0.3, 0.4) is 0 Å². The van der Waals surface area contributed by atoms with Gasteiger partial charge in [0.1, 0.15) is 6.04 Å². The Kier molecular flexibility index (Phi) is 5.99. The quantitative estimate of drug-likeness (QED) is 0.726. The van der Waals surface area contributed by atoms with Crippen LogP contribution in [0.25, 0.3) is 0 Å². The summed E-state index contributed by atoms with van der Waals surface area (Å²) in [6, 6.07) is 8.45. The van der Waals surface area contributed by atoms with E-state index >= 15 is 0 Å². The molecule has 0 radical (unpaired) electrons. The molecule has 2 unspecified atom stereocenters. The fourth-order valence-electron chi connectivity index (χ4n) is 4.53. The van der Waals surface area contributed by atoms with E-state index in [9.17, 15) is 4.79 Å². The molecule has 29 heavy (non-hydrogen) atoms. The van der Waals surface area contributed by atoms with E-state index in [1.54, 1.807) is 0 Å². The number of imidazole rings is 1. The van der Waals surface area contributed by atoms with Gasteiger partial charge in [-0.3, -0.25) is 10.2 Å². The van der Waals surface area contributed by atoms with Gasteiger partial charge in [0.25, 0.3) is 0 Å². The van der Waals surface area contributed by atoms with Gasteiger partial charge in [0.05, 0.1) is 12.9 Å². The molecule has 2 aromatic rings. The van der Waals surface area contributed by atoms with E-state index in [-0.39, 0.29) is 17.3 Å². The maximum absolute atomic E-state index is 12.4. The molecule has 3 heterocycles. The SMILES string of the molecule is CCOC(=O)C1NNCC1c1cncn1CC1(c2ccc(C)cc2)CCOCC1. The fourth-order valence-corrected chi connectivity index (χ4v) is 4.53. The number of aromatic nitrogens is 2. The molecule has 7 nitrogen and oxygen atoms in total. The number of nitrogens with zero attached hydrogens (tertiary/aromatic N) is 2. The lowest BCUT2D eigenvalue weighted by molar-refractivity contribution is -0.145. The molecule has 0 amide bonds. The molecule has 1 aromatic heterocycles. The Balaban J connectivity index is 1.62. The third kappa shape index (κ3) is 4.08. The first-order valence-corrected chi connectivity index (χ1v) is 10.4. The van der Waals surface area contributed by atoms with Gasteiger partial charge in [-0.15, -0.1) is 0 Å². The predicted octanol–water partition coefficient (Wildman–Crippen LogP) is 2.06. The first-order chi connectivity index (χ1) is 14.1. The molecule has 2 saturated heterocycles. The van der Waals surface area contributed by atoms with Gasteiger partial charge in [-0.25, -0.2) is 10.4 Å². The highest BCUT2D eigenvalue weighted by molar-refractivity contribution is 5.77. The molecule has 7 heteroatoms. The average Bonchev–Trinajstić information content (AvgIpc) is 3.38. The molecule has 0 spiro atoms. The first kappa shape index (κ1) is 20.1. The van der Waals surface area contributed by atoms with E-state index in [0.717, 1.165) is 38.3 Å². The Labute approximate surface area is 171 Å². The lowest BCUT2D eigenvalue weighted by atomic mass is 9.73. The van der Waals surface area contributed by atoms with Crippen molar-refractivity contribution >= 4 is 5.97 Å². The van der Waals surface area contributed by atoms with Crippen molar-refractivity contribution in [3.63, 3.8) is 0 Å². The lowest BCUT2D eigenvalue weighted by Gasteiger charge is -2.39. The van der Waals surface area contributed by atoms with E-state index in [4.69, 9.17) is 9.47 Å². The van der Waals surface area contributed by atoms with Gasteiger partial charge in [-0.2, -0.15) is 0 Å². The molecular weight excluding hydrogens is 368 g/mol. The van der Waals surface area contributed by atoms with E-state index in [1.165, 1.54) is 11.1 Å². The largest absolute Gasteiger partial charge is 0.465 e. The third-order valence-corrected chi connectivity index (χ3v) is 6.23. The van der Waals surface area contributed by atoms with Crippen LogP contribution < -0.4 is 10.9 Å². The van der Waals surface area contributed by atoms with Gasteiger partial charge < -0.3 is 14.0 Å². The van der Waals surface area contributed by atoms with Crippen LogP contribution >= 0.6 is 0 Å². The summed E-state index contributed by atoms with van der Waals surface area (Å²) in [5.41, 5.74) is 9.85. The summed E-state index contributed by atoms with van der Waals surface area (Å²) in [5.74, 6) is -0.249. The second-order valence-electron chi connectivity index (χ2n) is 8.07. The fraction of sp³-hybridized carbons (Fsp3) is 0.545. The van der Waals surface area contributed by atoms with Crippen molar-refractivity contribution in [2.45, 2.75) is 50.6 Å². The van der Waals surface area contributed by atoms with Gasteiger partial charge in [0, 0.05) is 49.5 Å². The summed E-state index contributed by atoms with van der Waals surface area (Å²) in [5, 5.41) is 0. The van der Waals surface area contributed by atoms with Crippen LogP contribution in [0.4, 0.5) is 0 Å². The first-order valence-electron chi connectivity index (χ1n) is 10.4. The zero-order valence-electron chi connectivity index (χ0n) is 17.2. The summed E-state index contributed by atoms with van der Waals surface area (Å²) in [6.07, 6.45) is 5.71. The third-order valence-electron chi connectivity index (χ3n) is 6.23. The van der Waals surface area contributed by atoms with E-state index in [2.05, 4.69) is 51.6 Å². The van der Waals surface area contributed by atoms with Gasteiger partial charge in [0.2, 0.25) is 0 Å². The van der Waals surface area contributed by atoms with Crippen LogP contribution in [0, 0.1) is 6.92 Å². The van der Waals surface area contributed by atoms with Gasteiger partial charge in [-0.05, 0) is 32.3 Å². The van der Waals surface area contributed by atoms with Crippen LogP contribution in [0.2, 0.25) is 0 Å². The van der Waals surface area contributed by atoms with Crippen LogP contribution in [0.15, 0.2) is 36.8 Å². The summed E-state index contributed by atoms with van der Waals surface area (Å²) < 4.78 is 13.2. The van der Waals surface area contributed by atoms with Crippen molar-refractivity contribution in [2.75, 3.05) is 26.4 Å². The lowest BCUT2D eigenvalue weighted by Crippen LogP contribution is -2.41. The second kappa shape index (κ2) is 8.65. The number of hydrazine groups is 1. The number of esters is 1. The molecule has 2 aliphatic heterocycles. The minimum atomic E-state index is -0.407. The number of rotatable bonds is 6. The summed E-state index contributed by atoms with van der Waals surface area (Å²) in [7, 11) is 0. The number of carbonyl (C=O) groups excluding carboxylic acids is 1. The molecule has 0 bridgehead atoms. The number of nitrogens with one attached hydrogen (secondary N) is 2. The summed E-state index contributed by atoms with van der Waals surface area (Å²) in [6.45, 7) is 7.32. The van der Waals surface area contributed by atoms with E-state index in [0.29, 0.717) is 13.2 Å². The van der Waals surface area contributed by atoms with Crippen LogP contribution in [0.5, 0.6) is 0 Å². The smallest absolute Gasteiger partial charge is 0.325 e. The molecule has 4 rings (SSSR count). The molecule has 0 saturated carbocycles. The molecule has 156 valence electrons. The van der Waals surface area contributed by atoms with Crippen molar-refractivity contribution in [1.29, 1.82) is 0 Å². The Bertz CT molecular complexity index is 827. The molecule has 0 aliphatic carbocycles. The monoisotopic (exact) mass is 398 g/mol. The minimum absolute atomic E-state index is 0.000283. The molecule has 2 fully saturated rings. The number of aryl methyl sites for hydroxylation is 1.